The number of benzene rings is 1. The second-order valence-corrected chi connectivity index (χ2v) is 4.33. The van der Waals surface area contributed by atoms with E-state index in [0.29, 0.717) is 23.7 Å². The van der Waals surface area contributed by atoms with Crippen LogP contribution < -0.4 is 11.1 Å². The summed E-state index contributed by atoms with van der Waals surface area (Å²) in [6.45, 7) is 0.630. The molecule has 0 aliphatic heterocycles. The molecule has 4 heteroatoms. The molecular formula is C12H16N2O2. The summed E-state index contributed by atoms with van der Waals surface area (Å²) in [6.07, 6.45) is 1.41. The van der Waals surface area contributed by atoms with Gasteiger partial charge in [0, 0.05) is 17.8 Å². The fourth-order valence-electron chi connectivity index (χ4n) is 1.89. The van der Waals surface area contributed by atoms with Gasteiger partial charge in [-0.2, -0.15) is 0 Å². The smallest absolute Gasteiger partial charge is 0.251 e. The predicted octanol–water partition coefficient (Wildman–Crippen LogP) is 0.769. The highest BCUT2D eigenvalue weighted by atomic mass is 16.3. The van der Waals surface area contributed by atoms with Gasteiger partial charge in [-0.05, 0) is 37.0 Å². The SMILES string of the molecule is Nc1cccc(C(=O)NCC2CC(O)C2)c1. The summed E-state index contributed by atoms with van der Waals surface area (Å²) in [5.41, 5.74) is 6.77. The molecule has 86 valence electrons. The van der Waals surface area contributed by atoms with Gasteiger partial charge < -0.3 is 16.2 Å². The van der Waals surface area contributed by atoms with Gasteiger partial charge in [0.05, 0.1) is 6.10 Å². The summed E-state index contributed by atoms with van der Waals surface area (Å²) in [4.78, 5) is 11.7. The third kappa shape index (κ3) is 2.52. The Bertz CT molecular complexity index is 386. The number of aliphatic hydroxyl groups is 1. The first kappa shape index (κ1) is 11.0. The zero-order chi connectivity index (χ0) is 11.5. The minimum Gasteiger partial charge on any atom is -0.399 e. The number of carbonyl (C=O) groups excluding carboxylic acids is 1. The first-order chi connectivity index (χ1) is 7.65. The highest BCUT2D eigenvalue weighted by Crippen LogP contribution is 2.26. The van der Waals surface area contributed by atoms with Crippen LogP contribution in [0, 0.1) is 5.92 Å². The van der Waals surface area contributed by atoms with Gasteiger partial charge >= 0.3 is 0 Å². The number of carbonyl (C=O) groups is 1. The number of amides is 1. The first-order valence-corrected chi connectivity index (χ1v) is 5.47. The Morgan fingerprint density at radius 1 is 1.50 bits per heavy atom. The number of anilines is 1. The molecule has 4 nitrogen and oxygen atoms in total. The topological polar surface area (TPSA) is 75.4 Å². The standard InChI is InChI=1S/C12H16N2O2/c13-10-3-1-2-9(6-10)12(16)14-7-8-4-11(15)5-8/h1-3,6,8,11,15H,4-5,7,13H2,(H,14,16). The predicted molar refractivity (Wildman–Crippen MR) is 61.9 cm³/mol. The fourth-order valence-corrected chi connectivity index (χ4v) is 1.89. The Hall–Kier alpha value is -1.55. The van der Waals surface area contributed by atoms with Crippen LogP contribution in [0.4, 0.5) is 5.69 Å². The zero-order valence-electron chi connectivity index (χ0n) is 9.02. The van der Waals surface area contributed by atoms with Crippen LogP contribution in [-0.2, 0) is 0 Å². The lowest BCUT2D eigenvalue weighted by atomic mass is 9.82. The lowest BCUT2D eigenvalue weighted by molar-refractivity contribution is 0.0420. The van der Waals surface area contributed by atoms with E-state index in [1.54, 1.807) is 24.3 Å². The summed E-state index contributed by atoms with van der Waals surface area (Å²) in [7, 11) is 0. The average molecular weight is 220 g/mol. The molecule has 1 aromatic carbocycles. The van der Waals surface area contributed by atoms with Crippen LogP contribution in [0.25, 0.3) is 0 Å². The number of nitrogen functional groups attached to an aromatic ring is 1. The van der Waals surface area contributed by atoms with Gasteiger partial charge in [-0.1, -0.05) is 6.07 Å². The molecule has 2 rings (SSSR count). The monoisotopic (exact) mass is 220 g/mol. The first-order valence-electron chi connectivity index (χ1n) is 5.47. The third-order valence-electron chi connectivity index (χ3n) is 2.91. The Morgan fingerprint density at radius 2 is 2.25 bits per heavy atom. The van der Waals surface area contributed by atoms with Crippen molar-refractivity contribution in [1.82, 2.24) is 5.32 Å². The van der Waals surface area contributed by atoms with Crippen LogP contribution in [0.3, 0.4) is 0 Å². The largest absolute Gasteiger partial charge is 0.399 e. The summed E-state index contributed by atoms with van der Waals surface area (Å²) >= 11 is 0. The lowest BCUT2D eigenvalue weighted by Gasteiger charge is -2.31. The molecule has 0 heterocycles. The molecule has 1 fully saturated rings. The van der Waals surface area contributed by atoms with Gasteiger partial charge in [0.25, 0.3) is 5.91 Å². The molecule has 1 amide bonds. The van der Waals surface area contributed by atoms with Crippen molar-refractivity contribution in [3.05, 3.63) is 29.8 Å². The molecule has 1 aliphatic rings. The van der Waals surface area contributed by atoms with Crippen LogP contribution in [0.15, 0.2) is 24.3 Å². The van der Waals surface area contributed by atoms with Crippen molar-refractivity contribution in [2.45, 2.75) is 18.9 Å². The molecule has 0 saturated heterocycles. The van der Waals surface area contributed by atoms with Crippen molar-refractivity contribution in [2.75, 3.05) is 12.3 Å². The van der Waals surface area contributed by atoms with Crippen molar-refractivity contribution in [3.8, 4) is 0 Å². The number of aliphatic hydroxyl groups excluding tert-OH is 1. The maximum atomic E-state index is 11.7. The van der Waals surface area contributed by atoms with Gasteiger partial charge in [-0.25, -0.2) is 0 Å². The number of rotatable bonds is 3. The minimum atomic E-state index is -0.172. The van der Waals surface area contributed by atoms with Gasteiger partial charge in [-0.15, -0.1) is 0 Å². The second-order valence-electron chi connectivity index (χ2n) is 4.33. The molecule has 1 saturated carbocycles. The number of nitrogens with one attached hydrogen (secondary N) is 1. The summed E-state index contributed by atoms with van der Waals surface area (Å²) < 4.78 is 0. The highest BCUT2D eigenvalue weighted by molar-refractivity contribution is 5.94. The van der Waals surface area contributed by atoms with Crippen molar-refractivity contribution < 1.29 is 9.90 Å². The normalized spacial score (nSPS) is 23.6. The van der Waals surface area contributed by atoms with E-state index in [0.717, 1.165) is 12.8 Å². The van der Waals surface area contributed by atoms with E-state index < -0.39 is 0 Å². The van der Waals surface area contributed by atoms with Gasteiger partial charge in [-0.3, -0.25) is 4.79 Å². The van der Waals surface area contributed by atoms with Crippen molar-refractivity contribution in [1.29, 1.82) is 0 Å². The molecule has 4 N–H and O–H groups in total. The van der Waals surface area contributed by atoms with Crippen LogP contribution in [-0.4, -0.2) is 23.7 Å². The Kier molecular flexibility index (Phi) is 3.10. The second kappa shape index (κ2) is 4.53. The van der Waals surface area contributed by atoms with Crippen molar-refractivity contribution in [3.63, 3.8) is 0 Å². The Balaban J connectivity index is 1.84. The zero-order valence-corrected chi connectivity index (χ0v) is 9.02. The number of nitrogens with two attached hydrogens (primary N) is 1. The van der Waals surface area contributed by atoms with E-state index in [4.69, 9.17) is 10.8 Å². The molecule has 1 aliphatic carbocycles. The summed E-state index contributed by atoms with van der Waals surface area (Å²) in [6, 6.07) is 6.91. The summed E-state index contributed by atoms with van der Waals surface area (Å²) in [5, 5.41) is 12.0. The van der Waals surface area contributed by atoms with Crippen molar-refractivity contribution >= 4 is 11.6 Å². The van der Waals surface area contributed by atoms with Gasteiger partial charge in [0.2, 0.25) is 0 Å². The fraction of sp³-hybridized carbons (Fsp3) is 0.417. The highest BCUT2D eigenvalue weighted by Gasteiger charge is 2.27. The molecule has 0 unspecified atom stereocenters. The quantitative estimate of drug-likeness (QED) is 0.658. The van der Waals surface area contributed by atoms with E-state index in [1.807, 2.05) is 0 Å². The van der Waals surface area contributed by atoms with E-state index >= 15 is 0 Å². The molecule has 0 aromatic heterocycles. The number of hydrogen-bond donors (Lipinski definition) is 3. The Morgan fingerprint density at radius 3 is 2.88 bits per heavy atom. The maximum Gasteiger partial charge on any atom is 0.251 e. The van der Waals surface area contributed by atoms with Crippen LogP contribution >= 0.6 is 0 Å². The Labute approximate surface area is 94.5 Å². The third-order valence-corrected chi connectivity index (χ3v) is 2.91. The van der Waals surface area contributed by atoms with Crippen LogP contribution in [0.1, 0.15) is 23.2 Å². The van der Waals surface area contributed by atoms with Crippen LogP contribution in [0.2, 0.25) is 0 Å². The molecule has 0 radical (unpaired) electrons. The molecule has 0 bridgehead atoms. The average Bonchev–Trinajstić information content (AvgIpc) is 2.22. The molecule has 1 aromatic rings. The molecule has 0 atom stereocenters. The maximum absolute atomic E-state index is 11.7. The van der Waals surface area contributed by atoms with Gasteiger partial charge in [0.1, 0.15) is 0 Å². The minimum absolute atomic E-state index is 0.103. The lowest BCUT2D eigenvalue weighted by Crippen LogP contribution is -2.38. The van der Waals surface area contributed by atoms with E-state index in [-0.39, 0.29) is 12.0 Å². The molecular weight excluding hydrogens is 204 g/mol. The van der Waals surface area contributed by atoms with E-state index in [2.05, 4.69) is 5.32 Å². The van der Waals surface area contributed by atoms with Crippen molar-refractivity contribution in [2.24, 2.45) is 5.92 Å². The van der Waals surface area contributed by atoms with Crippen LogP contribution in [0.5, 0.6) is 0 Å². The van der Waals surface area contributed by atoms with E-state index in [9.17, 15) is 4.79 Å². The molecule has 16 heavy (non-hydrogen) atoms. The van der Waals surface area contributed by atoms with E-state index in [1.165, 1.54) is 0 Å². The molecule has 0 spiro atoms. The summed E-state index contributed by atoms with van der Waals surface area (Å²) in [5.74, 6) is 0.314. The van der Waals surface area contributed by atoms with Gasteiger partial charge in [0.15, 0.2) is 0 Å². The number of hydrogen-bond acceptors (Lipinski definition) is 3.